The Bertz CT molecular complexity index is 315. The van der Waals surface area contributed by atoms with Crippen LogP contribution < -0.4 is 0 Å². The summed E-state index contributed by atoms with van der Waals surface area (Å²) in [6, 6.07) is 4.38. The highest BCUT2D eigenvalue weighted by molar-refractivity contribution is 5.13. The van der Waals surface area contributed by atoms with Crippen LogP contribution in [0, 0.1) is 0 Å². The summed E-state index contributed by atoms with van der Waals surface area (Å²) in [6.45, 7) is 4.10. The van der Waals surface area contributed by atoms with E-state index in [2.05, 4.69) is 16.8 Å². The zero-order valence-electron chi connectivity index (χ0n) is 9.84. The van der Waals surface area contributed by atoms with Crippen LogP contribution in [0.25, 0.3) is 0 Å². The summed E-state index contributed by atoms with van der Waals surface area (Å²) in [5.74, 6) is 0. The van der Waals surface area contributed by atoms with E-state index in [1.54, 1.807) is 12.4 Å². The minimum Gasteiger partial charge on any atom is -0.387 e. The summed E-state index contributed by atoms with van der Waals surface area (Å²) in [7, 11) is 0. The van der Waals surface area contributed by atoms with Crippen LogP contribution in [-0.4, -0.2) is 34.1 Å². The van der Waals surface area contributed by atoms with Gasteiger partial charge in [0.05, 0.1) is 6.10 Å². The summed E-state index contributed by atoms with van der Waals surface area (Å²) in [5, 5.41) is 10.1. The Hall–Kier alpha value is -0.930. The molecule has 2 heterocycles. The van der Waals surface area contributed by atoms with Gasteiger partial charge in [0, 0.05) is 25.0 Å². The van der Waals surface area contributed by atoms with Crippen LogP contribution in [0.4, 0.5) is 0 Å². The Labute approximate surface area is 97.1 Å². The second kappa shape index (κ2) is 5.41. The SMILES string of the molecule is CC1CCCCN1CC(O)c1ccncc1. The molecule has 3 heteroatoms. The fourth-order valence-corrected chi connectivity index (χ4v) is 2.34. The summed E-state index contributed by atoms with van der Waals surface area (Å²) in [6.07, 6.45) is 6.92. The third-order valence-corrected chi connectivity index (χ3v) is 3.44. The number of hydrogen-bond donors (Lipinski definition) is 1. The van der Waals surface area contributed by atoms with Crippen molar-refractivity contribution < 1.29 is 5.11 Å². The topological polar surface area (TPSA) is 36.4 Å². The molecular formula is C13H20N2O. The highest BCUT2D eigenvalue weighted by Crippen LogP contribution is 2.20. The van der Waals surface area contributed by atoms with Crippen molar-refractivity contribution in [2.45, 2.75) is 38.3 Å². The van der Waals surface area contributed by atoms with E-state index in [0.717, 1.165) is 18.7 Å². The number of aliphatic hydroxyl groups excluding tert-OH is 1. The van der Waals surface area contributed by atoms with Gasteiger partial charge in [-0.1, -0.05) is 6.42 Å². The lowest BCUT2D eigenvalue weighted by Gasteiger charge is -2.34. The highest BCUT2D eigenvalue weighted by Gasteiger charge is 2.21. The fraction of sp³-hybridized carbons (Fsp3) is 0.615. The van der Waals surface area contributed by atoms with Crippen LogP contribution in [0.5, 0.6) is 0 Å². The Morgan fingerprint density at radius 3 is 2.88 bits per heavy atom. The second-order valence-electron chi connectivity index (χ2n) is 4.64. The summed E-state index contributed by atoms with van der Waals surface area (Å²) < 4.78 is 0. The Balaban J connectivity index is 1.94. The molecule has 0 saturated carbocycles. The maximum atomic E-state index is 10.1. The maximum absolute atomic E-state index is 10.1. The van der Waals surface area contributed by atoms with E-state index >= 15 is 0 Å². The lowest BCUT2D eigenvalue weighted by Crippen LogP contribution is -2.40. The zero-order chi connectivity index (χ0) is 11.4. The number of nitrogens with zero attached hydrogens (tertiary/aromatic N) is 2. The van der Waals surface area contributed by atoms with Crippen molar-refractivity contribution in [2.75, 3.05) is 13.1 Å². The third kappa shape index (κ3) is 2.80. The fourth-order valence-electron chi connectivity index (χ4n) is 2.34. The van der Waals surface area contributed by atoms with E-state index < -0.39 is 0 Å². The lowest BCUT2D eigenvalue weighted by atomic mass is 10.0. The molecule has 0 amide bonds. The van der Waals surface area contributed by atoms with Crippen molar-refractivity contribution >= 4 is 0 Å². The number of likely N-dealkylation sites (tertiary alicyclic amines) is 1. The predicted molar refractivity (Wildman–Crippen MR) is 64.1 cm³/mol. The number of aromatic nitrogens is 1. The molecule has 2 atom stereocenters. The minimum atomic E-state index is -0.386. The van der Waals surface area contributed by atoms with E-state index in [1.165, 1.54) is 19.3 Å². The summed E-state index contributed by atoms with van der Waals surface area (Å²) in [4.78, 5) is 6.35. The van der Waals surface area contributed by atoms with Gasteiger partial charge in [0.2, 0.25) is 0 Å². The average Bonchev–Trinajstić information content (AvgIpc) is 2.33. The number of aliphatic hydroxyl groups is 1. The van der Waals surface area contributed by atoms with Gasteiger partial charge in [0.25, 0.3) is 0 Å². The van der Waals surface area contributed by atoms with Gasteiger partial charge >= 0.3 is 0 Å². The van der Waals surface area contributed by atoms with E-state index in [-0.39, 0.29) is 6.10 Å². The van der Waals surface area contributed by atoms with Gasteiger partial charge in [-0.05, 0) is 44.0 Å². The van der Waals surface area contributed by atoms with E-state index in [1.807, 2.05) is 12.1 Å². The molecule has 0 radical (unpaired) electrons. The van der Waals surface area contributed by atoms with Gasteiger partial charge < -0.3 is 5.11 Å². The first-order valence-electron chi connectivity index (χ1n) is 6.09. The molecule has 1 aliphatic heterocycles. The molecule has 88 valence electrons. The molecule has 0 bridgehead atoms. The molecule has 2 unspecified atom stereocenters. The van der Waals surface area contributed by atoms with Crippen molar-refractivity contribution in [1.29, 1.82) is 0 Å². The normalized spacial score (nSPS) is 24.2. The average molecular weight is 220 g/mol. The third-order valence-electron chi connectivity index (χ3n) is 3.44. The Morgan fingerprint density at radius 2 is 2.19 bits per heavy atom. The Morgan fingerprint density at radius 1 is 1.44 bits per heavy atom. The second-order valence-corrected chi connectivity index (χ2v) is 4.64. The lowest BCUT2D eigenvalue weighted by molar-refractivity contribution is 0.0732. The van der Waals surface area contributed by atoms with Crippen LogP contribution in [0.1, 0.15) is 37.9 Å². The largest absolute Gasteiger partial charge is 0.387 e. The first-order chi connectivity index (χ1) is 7.77. The maximum Gasteiger partial charge on any atom is 0.0918 e. The van der Waals surface area contributed by atoms with Gasteiger partial charge in [-0.2, -0.15) is 0 Å². The first-order valence-corrected chi connectivity index (χ1v) is 6.09. The summed E-state index contributed by atoms with van der Waals surface area (Å²) in [5.41, 5.74) is 0.966. The van der Waals surface area contributed by atoms with E-state index in [9.17, 15) is 5.11 Å². The van der Waals surface area contributed by atoms with Crippen molar-refractivity contribution in [3.05, 3.63) is 30.1 Å². The molecule has 1 saturated heterocycles. The van der Waals surface area contributed by atoms with Crippen LogP contribution in [-0.2, 0) is 0 Å². The van der Waals surface area contributed by atoms with Crippen LogP contribution in [0.15, 0.2) is 24.5 Å². The van der Waals surface area contributed by atoms with Gasteiger partial charge in [-0.25, -0.2) is 0 Å². The predicted octanol–water partition coefficient (Wildman–Crippen LogP) is 1.99. The van der Waals surface area contributed by atoms with Crippen molar-refractivity contribution in [3.63, 3.8) is 0 Å². The first kappa shape index (κ1) is 11.6. The van der Waals surface area contributed by atoms with Crippen LogP contribution in [0.2, 0.25) is 0 Å². The molecule has 1 aliphatic rings. The summed E-state index contributed by atoms with van der Waals surface area (Å²) >= 11 is 0. The van der Waals surface area contributed by atoms with Gasteiger partial charge in [0.1, 0.15) is 0 Å². The monoisotopic (exact) mass is 220 g/mol. The van der Waals surface area contributed by atoms with Crippen LogP contribution in [0.3, 0.4) is 0 Å². The standard InChI is InChI=1S/C13H20N2O/c1-11-4-2-3-9-15(11)10-13(16)12-5-7-14-8-6-12/h5-8,11,13,16H,2-4,9-10H2,1H3. The van der Waals surface area contributed by atoms with E-state index in [0.29, 0.717) is 6.04 Å². The molecule has 0 aromatic carbocycles. The number of β-amino-alcohol motifs (C(OH)–C–C–N with tert-alkyl or cyclic N) is 1. The minimum absolute atomic E-state index is 0.386. The molecule has 16 heavy (non-hydrogen) atoms. The molecule has 1 aromatic rings. The Kier molecular flexibility index (Phi) is 3.91. The van der Waals surface area contributed by atoms with E-state index in [4.69, 9.17) is 0 Å². The molecule has 1 fully saturated rings. The van der Waals surface area contributed by atoms with Crippen molar-refractivity contribution in [3.8, 4) is 0 Å². The molecular weight excluding hydrogens is 200 g/mol. The molecule has 2 rings (SSSR count). The smallest absolute Gasteiger partial charge is 0.0918 e. The zero-order valence-corrected chi connectivity index (χ0v) is 9.84. The molecule has 1 aromatic heterocycles. The quantitative estimate of drug-likeness (QED) is 0.846. The molecule has 0 aliphatic carbocycles. The molecule has 3 nitrogen and oxygen atoms in total. The molecule has 1 N–H and O–H groups in total. The van der Waals surface area contributed by atoms with Gasteiger partial charge in [-0.15, -0.1) is 0 Å². The highest BCUT2D eigenvalue weighted by atomic mass is 16.3. The number of rotatable bonds is 3. The molecule has 0 spiro atoms. The van der Waals surface area contributed by atoms with Crippen LogP contribution >= 0.6 is 0 Å². The number of hydrogen-bond acceptors (Lipinski definition) is 3. The number of pyridine rings is 1. The van der Waals surface area contributed by atoms with Gasteiger partial charge in [0.15, 0.2) is 0 Å². The van der Waals surface area contributed by atoms with Crippen molar-refractivity contribution in [2.24, 2.45) is 0 Å². The number of piperidine rings is 1. The van der Waals surface area contributed by atoms with Gasteiger partial charge in [-0.3, -0.25) is 9.88 Å². The van der Waals surface area contributed by atoms with Crippen molar-refractivity contribution in [1.82, 2.24) is 9.88 Å².